The molecule has 0 unspecified atom stereocenters. The van der Waals surface area contributed by atoms with Crippen molar-refractivity contribution in [3.8, 4) is 0 Å². The summed E-state index contributed by atoms with van der Waals surface area (Å²) in [7, 11) is 0. The molecule has 0 aromatic rings. The van der Waals surface area contributed by atoms with Crippen molar-refractivity contribution in [2.24, 2.45) is 0 Å². The van der Waals surface area contributed by atoms with Crippen molar-refractivity contribution in [1.82, 2.24) is 15.5 Å². The van der Waals surface area contributed by atoms with Gasteiger partial charge in [-0.05, 0) is 26.8 Å². The number of carbonyl (C=O) groups is 1. The summed E-state index contributed by atoms with van der Waals surface area (Å²) in [5, 5.41) is 16.0. The summed E-state index contributed by atoms with van der Waals surface area (Å²) in [5.74, 6) is -0.0136. The SMILES string of the molecule is CC(C)(C(=O)N[C@@H]1CCNC[C@H]1O)N1CCOCC1. The Kier molecular flexibility index (Phi) is 4.78. The second kappa shape index (κ2) is 6.17. The Morgan fingerprint density at radius 2 is 2.11 bits per heavy atom. The van der Waals surface area contributed by atoms with Crippen molar-refractivity contribution in [1.29, 1.82) is 0 Å². The number of ether oxygens (including phenoxy) is 1. The Hall–Kier alpha value is -0.690. The maximum absolute atomic E-state index is 12.5. The molecular weight excluding hydrogens is 246 g/mol. The number of aliphatic hydroxyl groups is 1. The molecule has 0 bridgehead atoms. The van der Waals surface area contributed by atoms with Gasteiger partial charge in [-0.25, -0.2) is 0 Å². The lowest BCUT2D eigenvalue weighted by Gasteiger charge is -2.41. The molecule has 0 saturated carbocycles. The summed E-state index contributed by atoms with van der Waals surface area (Å²) < 4.78 is 5.32. The van der Waals surface area contributed by atoms with Gasteiger partial charge in [0.05, 0.1) is 30.9 Å². The molecule has 0 spiro atoms. The molecule has 2 rings (SSSR count). The average Bonchev–Trinajstić information content (AvgIpc) is 2.42. The van der Waals surface area contributed by atoms with Crippen LogP contribution in [0.15, 0.2) is 0 Å². The van der Waals surface area contributed by atoms with Gasteiger partial charge in [-0.3, -0.25) is 9.69 Å². The number of nitrogens with one attached hydrogen (secondary N) is 2. The van der Waals surface area contributed by atoms with Crippen molar-refractivity contribution in [3.63, 3.8) is 0 Å². The second-order valence-electron chi connectivity index (χ2n) is 5.80. The third-order valence-corrected chi connectivity index (χ3v) is 4.12. The van der Waals surface area contributed by atoms with Crippen LogP contribution in [0.1, 0.15) is 20.3 Å². The Labute approximate surface area is 114 Å². The second-order valence-corrected chi connectivity index (χ2v) is 5.80. The maximum atomic E-state index is 12.5. The highest BCUT2D eigenvalue weighted by molar-refractivity contribution is 5.85. The van der Waals surface area contributed by atoms with Crippen molar-refractivity contribution in [2.45, 2.75) is 38.0 Å². The standard InChI is InChI=1S/C13H25N3O3/c1-13(2,16-5-7-19-8-6-16)12(18)15-10-3-4-14-9-11(10)17/h10-11,14,17H,3-9H2,1-2H3,(H,15,18)/t10-,11-/m1/s1. The van der Waals surface area contributed by atoms with E-state index < -0.39 is 11.6 Å². The lowest BCUT2D eigenvalue weighted by molar-refractivity contribution is -0.136. The predicted octanol–water partition coefficient (Wildman–Crippen LogP) is -1.06. The molecule has 6 heteroatoms. The third kappa shape index (κ3) is 3.45. The van der Waals surface area contributed by atoms with Crippen LogP contribution in [0.2, 0.25) is 0 Å². The number of hydrogen-bond donors (Lipinski definition) is 3. The van der Waals surface area contributed by atoms with E-state index in [1.165, 1.54) is 0 Å². The molecule has 2 aliphatic heterocycles. The first-order chi connectivity index (χ1) is 9.01. The van der Waals surface area contributed by atoms with Crippen molar-refractivity contribution in [3.05, 3.63) is 0 Å². The van der Waals surface area contributed by atoms with E-state index >= 15 is 0 Å². The number of nitrogens with zero attached hydrogens (tertiary/aromatic N) is 1. The number of morpholine rings is 1. The first-order valence-corrected chi connectivity index (χ1v) is 7.04. The lowest BCUT2D eigenvalue weighted by Crippen LogP contribution is -2.62. The minimum atomic E-state index is -0.561. The molecule has 19 heavy (non-hydrogen) atoms. The van der Waals surface area contributed by atoms with E-state index in [2.05, 4.69) is 15.5 Å². The van der Waals surface area contributed by atoms with E-state index in [9.17, 15) is 9.90 Å². The molecule has 0 aromatic carbocycles. The van der Waals surface area contributed by atoms with E-state index in [4.69, 9.17) is 4.74 Å². The van der Waals surface area contributed by atoms with Gasteiger partial charge in [0.1, 0.15) is 0 Å². The van der Waals surface area contributed by atoms with Crippen molar-refractivity contribution >= 4 is 5.91 Å². The Bertz CT molecular complexity index is 316. The van der Waals surface area contributed by atoms with Crippen LogP contribution in [0, 0.1) is 0 Å². The largest absolute Gasteiger partial charge is 0.390 e. The van der Waals surface area contributed by atoms with Crippen LogP contribution in [0.3, 0.4) is 0 Å². The van der Waals surface area contributed by atoms with Crippen LogP contribution in [0.4, 0.5) is 0 Å². The Morgan fingerprint density at radius 1 is 1.42 bits per heavy atom. The minimum absolute atomic E-state index is 0.0136. The van der Waals surface area contributed by atoms with Crippen LogP contribution >= 0.6 is 0 Å². The molecule has 1 amide bonds. The number of hydrogen-bond acceptors (Lipinski definition) is 5. The lowest BCUT2D eigenvalue weighted by atomic mass is 9.97. The van der Waals surface area contributed by atoms with Gasteiger partial charge in [-0.15, -0.1) is 0 Å². The number of piperidine rings is 1. The summed E-state index contributed by atoms with van der Waals surface area (Å²) in [6.45, 7) is 8.13. The molecule has 110 valence electrons. The third-order valence-electron chi connectivity index (χ3n) is 4.12. The van der Waals surface area contributed by atoms with Crippen LogP contribution in [0.5, 0.6) is 0 Å². The summed E-state index contributed by atoms with van der Waals surface area (Å²) in [6, 6.07) is -0.144. The summed E-state index contributed by atoms with van der Waals surface area (Å²) in [6.07, 6.45) is 0.268. The normalized spacial score (nSPS) is 30.1. The number of carbonyl (C=O) groups excluding carboxylic acids is 1. The van der Waals surface area contributed by atoms with Crippen LogP contribution in [0.25, 0.3) is 0 Å². The van der Waals surface area contributed by atoms with E-state index in [0.29, 0.717) is 19.8 Å². The van der Waals surface area contributed by atoms with Gasteiger partial charge in [0, 0.05) is 19.6 Å². The van der Waals surface area contributed by atoms with Gasteiger partial charge >= 0.3 is 0 Å². The minimum Gasteiger partial charge on any atom is -0.390 e. The zero-order valence-electron chi connectivity index (χ0n) is 11.8. The number of aliphatic hydroxyl groups excluding tert-OH is 1. The van der Waals surface area contributed by atoms with Gasteiger partial charge in [0.2, 0.25) is 5.91 Å². The molecule has 2 fully saturated rings. The Balaban J connectivity index is 1.93. The molecule has 3 N–H and O–H groups in total. The highest BCUT2D eigenvalue weighted by Gasteiger charge is 2.37. The molecule has 0 radical (unpaired) electrons. The molecule has 2 aliphatic rings. The number of β-amino-alcohol motifs (C(OH)–C–C–N with tert-alkyl or cyclic N) is 1. The first-order valence-electron chi connectivity index (χ1n) is 7.04. The molecule has 0 aromatic heterocycles. The zero-order chi connectivity index (χ0) is 13.9. The first kappa shape index (κ1) is 14.7. The monoisotopic (exact) mass is 271 g/mol. The number of rotatable bonds is 3. The van der Waals surface area contributed by atoms with E-state index in [-0.39, 0.29) is 11.9 Å². The van der Waals surface area contributed by atoms with E-state index in [0.717, 1.165) is 26.1 Å². The molecule has 6 nitrogen and oxygen atoms in total. The fraction of sp³-hybridized carbons (Fsp3) is 0.923. The smallest absolute Gasteiger partial charge is 0.240 e. The van der Waals surface area contributed by atoms with Crippen LogP contribution in [-0.4, -0.2) is 73.0 Å². The van der Waals surface area contributed by atoms with Gasteiger partial charge in [0.25, 0.3) is 0 Å². The number of amides is 1. The highest BCUT2D eigenvalue weighted by atomic mass is 16.5. The average molecular weight is 271 g/mol. The topological polar surface area (TPSA) is 73.8 Å². The fourth-order valence-corrected chi connectivity index (χ4v) is 2.62. The quantitative estimate of drug-likeness (QED) is 0.610. The summed E-state index contributed by atoms with van der Waals surface area (Å²) in [4.78, 5) is 14.6. The zero-order valence-corrected chi connectivity index (χ0v) is 11.8. The fourth-order valence-electron chi connectivity index (χ4n) is 2.62. The van der Waals surface area contributed by atoms with Gasteiger partial charge in [-0.2, -0.15) is 0 Å². The van der Waals surface area contributed by atoms with Crippen molar-refractivity contribution < 1.29 is 14.6 Å². The Morgan fingerprint density at radius 3 is 2.74 bits per heavy atom. The highest BCUT2D eigenvalue weighted by Crippen LogP contribution is 2.17. The van der Waals surface area contributed by atoms with Crippen LogP contribution < -0.4 is 10.6 Å². The van der Waals surface area contributed by atoms with Gasteiger partial charge in [-0.1, -0.05) is 0 Å². The van der Waals surface area contributed by atoms with Gasteiger partial charge < -0.3 is 20.5 Å². The molecule has 2 atom stereocenters. The predicted molar refractivity (Wildman–Crippen MR) is 71.9 cm³/mol. The van der Waals surface area contributed by atoms with E-state index in [1.54, 1.807) is 0 Å². The maximum Gasteiger partial charge on any atom is 0.240 e. The molecular formula is C13H25N3O3. The summed E-state index contributed by atoms with van der Waals surface area (Å²) in [5.41, 5.74) is -0.561. The van der Waals surface area contributed by atoms with Gasteiger partial charge in [0.15, 0.2) is 0 Å². The van der Waals surface area contributed by atoms with Crippen molar-refractivity contribution in [2.75, 3.05) is 39.4 Å². The van der Waals surface area contributed by atoms with E-state index in [1.807, 2.05) is 13.8 Å². The molecule has 2 heterocycles. The summed E-state index contributed by atoms with van der Waals surface area (Å²) >= 11 is 0. The molecule has 0 aliphatic carbocycles. The molecule has 2 saturated heterocycles. The van der Waals surface area contributed by atoms with Crippen LogP contribution in [-0.2, 0) is 9.53 Å².